The van der Waals surface area contributed by atoms with Crippen LogP contribution < -0.4 is 4.90 Å². The second-order valence-electron chi connectivity index (χ2n) is 4.73. The van der Waals surface area contributed by atoms with E-state index in [9.17, 15) is 0 Å². The summed E-state index contributed by atoms with van der Waals surface area (Å²) >= 11 is 0. The van der Waals surface area contributed by atoms with Crippen LogP contribution in [0.15, 0.2) is 6.20 Å². The van der Waals surface area contributed by atoms with Gasteiger partial charge in [-0.15, -0.1) is 0 Å². The van der Waals surface area contributed by atoms with Crippen LogP contribution in [0.25, 0.3) is 0 Å². The van der Waals surface area contributed by atoms with Gasteiger partial charge in [0.1, 0.15) is 0 Å². The lowest BCUT2D eigenvalue weighted by molar-refractivity contribution is 0.533. The average Bonchev–Trinajstić information content (AvgIpc) is 2.62. The molecule has 2 heterocycles. The molecule has 0 aromatic carbocycles. The highest BCUT2D eigenvalue weighted by Crippen LogP contribution is 2.22. The van der Waals surface area contributed by atoms with E-state index in [-0.39, 0.29) is 0 Å². The van der Waals surface area contributed by atoms with Crippen molar-refractivity contribution in [3.8, 4) is 0 Å². The predicted octanol–water partition coefficient (Wildman–Crippen LogP) is 2.76. The summed E-state index contributed by atoms with van der Waals surface area (Å²) in [7, 11) is 0. The molecule has 3 nitrogen and oxygen atoms in total. The number of piperidine rings is 1. The highest BCUT2D eigenvalue weighted by molar-refractivity contribution is 5.34. The first-order valence-electron chi connectivity index (χ1n) is 5.99. The van der Waals surface area contributed by atoms with Crippen LogP contribution in [0.4, 0.5) is 5.95 Å². The third-order valence-electron chi connectivity index (χ3n) is 3.03. The standard InChI is InChI=1S/C12H21N3/c1-10(2)15-9-11(3)13-12(15)14-7-5-4-6-8-14/h9-10H,4-8H2,1-3H3. The summed E-state index contributed by atoms with van der Waals surface area (Å²) in [4.78, 5) is 7.07. The molecule has 0 aliphatic carbocycles. The first kappa shape index (κ1) is 10.5. The lowest BCUT2D eigenvalue weighted by Gasteiger charge is -2.29. The maximum Gasteiger partial charge on any atom is 0.205 e. The molecule has 1 aliphatic rings. The number of rotatable bonds is 2. The molecule has 0 spiro atoms. The lowest BCUT2D eigenvalue weighted by Crippen LogP contribution is -2.32. The van der Waals surface area contributed by atoms with Crippen LogP contribution in [0.1, 0.15) is 44.8 Å². The van der Waals surface area contributed by atoms with Crippen molar-refractivity contribution in [2.75, 3.05) is 18.0 Å². The minimum Gasteiger partial charge on any atom is -0.342 e. The van der Waals surface area contributed by atoms with E-state index in [2.05, 4.69) is 41.4 Å². The number of hydrogen-bond acceptors (Lipinski definition) is 2. The van der Waals surface area contributed by atoms with Crippen LogP contribution in [-0.2, 0) is 0 Å². The summed E-state index contributed by atoms with van der Waals surface area (Å²) in [6, 6.07) is 0.503. The molecule has 84 valence electrons. The molecule has 0 atom stereocenters. The molecule has 1 aliphatic heterocycles. The molecule has 0 N–H and O–H groups in total. The number of imidazole rings is 1. The van der Waals surface area contributed by atoms with E-state index in [1.165, 1.54) is 38.3 Å². The molecule has 15 heavy (non-hydrogen) atoms. The van der Waals surface area contributed by atoms with Crippen molar-refractivity contribution in [1.82, 2.24) is 9.55 Å². The van der Waals surface area contributed by atoms with Gasteiger partial charge >= 0.3 is 0 Å². The largest absolute Gasteiger partial charge is 0.342 e. The fraction of sp³-hybridized carbons (Fsp3) is 0.750. The van der Waals surface area contributed by atoms with Crippen LogP contribution in [-0.4, -0.2) is 22.6 Å². The van der Waals surface area contributed by atoms with Crippen molar-refractivity contribution in [1.29, 1.82) is 0 Å². The summed E-state index contributed by atoms with van der Waals surface area (Å²) in [5.41, 5.74) is 1.13. The van der Waals surface area contributed by atoms with Gasteiger partial charge in [0.2, 0.25) is 5.95 Å². The van der Waals surface area contributed by atoms with Crippen LogP contribution >= 0.6 is 0 Å². The van der Waals surface area contributed by atoms with Crippen molar-refractivity contribution >= 4 is 5.95 Å². The van der Waals surface area contributed by atoms with Crippen molar-refractivity contribution in [2.24, 2.45) is 0 Å². The van der Waals surface area contributed by atoms with Gasteiger partial charge in [-0.2, -0.15) is 0 Å². The topological polar surface area (TPSA) is 21.1 Å². The van der Waals surface area contributed by atoms with Gasteiger partial charge < -0.3 is 9.47 Å². The van der Waals surface area contributed by atoms with Gasteiger partial charge in [0, 0.05) is 25.3 Å². The normalized spacial score (nSPS) is 17.5. The van der Waals surface area contributed by atoms with Gasteiger partial charge in [-0.25, -0.2) is 4.98 Å². The van der Waals surface area contributed by atoms with Gasteiger partial charge in [0.25, 0.3) is 0 Å². The van der Waals surface area contributed by atoms with E-state index in [4.69, 9.17) is 0 Å². The zero-order valence-electron chi connectivity index (χ0n) is 10.0. The number of aryl methyl sites for hydroxylation is 1. The van der Waals surface area contributed by atoms with Crippen molar-refractivity contribution in [3.63, 3.8) is 0 Å². The molecule has 0 amide bonds. The van der Waals surface area contributed by atoms with Crippen LogP contribution in [0, 0.1) is 6.92 Å². The fourth-order valence-electron chi connectivity index (χ4n) is 2.21. The zero-order chi connectivity index (χ0) is 10.8. The summed E-state index contributed by atoms with van der Waals surface area (Å²) < 4.78 is 2.29. The Hall–Kier alpha value is -0.990. The highest BCUT2D eigenvalue weighted by atomic mass is 15.3. The van der Waals surface area contributed by atoms with Gasteiger partial charge in [-0.3, -0.25) is 0 Å². The van der Waals surface area contributed by atoms with Crippen LogP contribution in [0.3, 0.4) is 0 Å². The molecule has 0 unspecified atom stereocenters. The third-order valence-corrected chi connectivity index (χ3v) is 3.03. The summed E-state index contributed by atoms with van der Waals surface area (Å²) in [6.07, 6.45) is 6.15. The SMILES string of the molecule is Cc1cn(C(C)C)c(N2CCCCC2)n1. The summed E-state index contributed by atoms with van der Waals surface area (Å²) in [5, 5.41) is 0. The first-order valence-corrected chi connectivity index (χ1v) is 5.99. The molecule has 1 saturated heterocycles. The predicted molar refractivity (Wildman–Crippen MR) is 63.4 cm³/mol. The summed E-state index contributed by atoms with van der Waals surface area (Å²) in [6.45, 7) is 8.85. The quantitative estimate of drug-likeness (QED) is 0.743. The number of aromatic nitrogens is 2. The maximum absolute atomic E-state index is 4.64. The minimum absolute atomic E-state index is 0.503. The van der Waals surface area contributed by atoms with Gasteiger partial charge in [0.05, 0.1) is 5.69 Å². The molecule has 0 saturated carbocycles. The molecule has 1 fully saturated rings. The van der Waals surface area contributed by atoms with Crippen molar-refractivity contribution in [3.05, 3.63) is 11.9 Å². The Bertz CT molecular complexity index is 322. The Kier molecular flexibility index (Phi) is 2.98. The monoisotopic (exact) mass is 207 g/mol. The Labute approximate surface area is 92.1 Å². The zero-order valence-corrected chi connectivity index (χ0v) is 10.0. The third kappa shape index (κ3) is 2.16. The second kappa shape index (κ2) is 4.25. The lowest BCUT2D eigenvalue weighted by atomic mass is 10.1. The maximum atomic E-state index is 4.64. The number of hydrogen-bond donors (Lipinski definition) is 0. The van der Waals surface area contributed by atoms with Gasteiger partial charge in [0.15, 0.2) is 0 Å². The van der Waals surface area contributed by atoms with E-state index in [0.29, 0.717) is 6.04 Å². The molecule has 0 radical (unpaired) electrons. The Morgan fingerprint density at radius 2 is 1.87 bits per heavy atom. The molecule has 0 bridgehead atoms. The van der Waals surface area contributed by atoms with E-state index >= 15 is 0 Å². The summed E-state index contributed by atoms with van der Waals surface area (Å²) in [5.74, 6) is 1.17. The van der Waals surface area contributed by atoms with Crippen LogP contribution in [0.2, 0.25) is 0 Å². The van der Waals surface area contributed by atoms with Crippen molar-refractivity contribution in [2.45, 2.75) is 46.1 Å². The molecule has 2 rings (SSSR count). The molecule has 1 aromatic heterocycles. The molecule has 3 heteroatoms. The highest BCUT2D eigenvalue weighted by Gasteiger charge is 2.17. The van der Waals surface area contributed by atoms with Crippen LogP contribution in [0.5, 0.6) is 0 Å². The van der Waals surface area contributed by atoms with E-state index < -0.39 is 0 Å². The molecule has 1 aromatic rings. The Balaban J connectivity index is 2.25. The molecular weight excluding hydrogens is 186 g/mol. The number of nitrogens with zero attached hydrogens (tertiary/aromatic N) is 3. The smallest absolute Gasteiger partial charge is 0.205 e. The van der Waals surface area contributed by atoms with Gasteiger partial charge in [-0.1, -0.05) is 0 Å². The molecular formula is C12H21N3. The Morgan fingerprint density at radius 1 is 1.20 bits per heavy atom. The average molecular weight is 207 g/mol. The number of anilines is 1. The second-order valence-corrected chi connectivity index (χ2v) is 4.73. The van der Waals surface area contributed by atoms with E-state index in [1.807, 2.05) is 0 Å². The van der Waals surface area contributed by atoms with Gasteiger partial charge in [-0.05, 0) is 40.0 Å². The van der Waals surface area contributed by atoms with E-state index in [1.54, 1.807) is 0 Å². The first-order chi connectivity index (χ1) is 7.18. The van der Waals surface area contributed by atoms with E-state index in [0.717, 1.165) is 5.69 Å². The minimum atomic E-state index is 0.503. The fourth-order valence-corrected chi connectivity index (χ4v) is 2.21. The Morgan fingerprint density at radius 3 is 2.47 bits per heavy atom. The van der Waals surface area contributed by atoms with Crippen molar-refractivity contribution < 1.29 is 0 Å².